The number of hydrogen-bond acceptors (Lipinski definition) is 1. The van der Waals surface area contributed by atoms with E-state index in [-0.39, 0.29) is 0 Å². The van der Waals surface area contributed by atoms with E-state index < -0.39 is 0 Å². The summed E-state index contributed by atoms with van der Waals surface area (Å²) in [6, 6.07) is 2.06. The van der Waals surface area contributed by atoms with Crippen LogP contribution in [0.4, 0.5) is 0 Å². The van der Waals surface area contributed by atoms with Gasteiger partial charge in [0.15, 0.2) is 0 Å². The zero-order chi connectivity index (χ0) is 6.97. The Bertz CT molecular complexity index is 334. The van der Waals surface area contributed by atoms with E-state index in [1.54, 1.807) is 0 Å². The molecule has 10 heavy (non-hydrogen) atoms. The number of fused-ring (bicyclic) bond motifs is 1. The molecule has 1 aliphatic heterocycles. The summed E-state index contributed by atoms with van der Waals surface area (Å²) in [5.41, 5.74) is 1.04. The minimum atomic E-state index is 0.600. The van der Waals surface area contributed by atoms with Crippen molar-refractivity contribution in [1.82, 2.24) is 4.98 Å². The van der Waals surface area contributed by atoms with Crippen molar-refractivity contribution in [1.29, 1.82) is 0 Å². The van der Waals surface area contributed by atoms with Gasteiger partial charge in [0, 0.05) is 18.0 Å². The molecule has 0 saturated heterocycles. The van der Waals surface area contributed by atoms with Crippen LogP contribution in [0.5, 0.6) is 0 Å². The van der Waals surface area contributed by atoms with Gasteiger partial charge in [-0.15, -0.1) is 0 Å². The highest BCUT2D eigenvalue weighted by molar-refractivity contribution is 5.26. The van der Waals surface area contributed by atoms with E-state index in [0.717, 1.165) is 12.0 Å². The van der Waals surface area contributed by atoms with Crippen LogP contribution in [-0.2, 0) is 0 Å². The van der Waals surface area contributed by atoms with Crippen LogP contribution < -0.4 is 10.7 Å². The first-order valence-corrected chi connectivity index (χ1v) is 3.56. The van der Waals surface area contributed by atoms with Crippen molar-refractivity contribution in [3.05, 3.63) is 23.0 Å². The molecule has 2 heteroatoms. The molecular weight excluding hydrogens is 124 g/mol. The molecule has 2 nitrogen and oxygen atoms in total. The molecule has 1 aromatic heterocycles. The molecule has 1 aliphatic rings. The number of aromatic nitrogens is 1. The lowest BCUT2D eigenvalue weighted by Gasteiger charge is -2.02. The fourth-order valence-electron chi connectivity index (χ4n) is 1.24. The third-order valence-corrected chi connectivity index (χ3v) is 1.76. The maximum Gasteiger partial charge on any atom is 0.132 e. The molecular formula is C8H10N2. The summed E-state index contributed by atoms with van der Waals surface area (Å²) in [7, 11) is 0. The molecule has 1 atom stereocenters. The van der Waals surface area contributed by atoms with E-state index in [2.05, 4.69) is 29.0 Å². The summed E-state index contributed by atoms with van der Waals surface area (Å²) in [5.74, 6) is 0.600. The van der Waals surface area contributed by atoms with Crippen molar-refractivity contribution in [2.75, 3.05) is 6.54 Å². The number of H-pyrrole nitrogens is 1. The Labute approximate surface area is 59.3 Å². The third-order valence-electron chi connectivity index (χ3n) is 1.76. The van der Waals surface area contributed by atoms with Crippen molar-refractivity contribution in [3.8, 4) is 0 Å². The van der Waals surface area contributed by atoms with Gasteiger partial charge in [-0.2, -0.15) is 0 Å². The Morgan fingerprint density at radius 3 is 3.50 bits per heavy atom. The van der Waals surface area contributed by atoms with E-state index in [4.69, 9.17) is 0 Å². The van der Waals surface area contributed by atoms with Gasteiger partial charge in [-0.25, -0.2) is 0 Å². The summed E-state index contributed by atoms with van der Waals surface area (Å²) < 4.78 is 0. The molecule has 0 bridgehead atoms. The molecule has 0 fully saturated rings. The molecule has 0 spiro atoms. The lowest BCUT2D eigenvalue weighted by molar-refractivity contribution is 0.740. The maximum absolute atomic E-state index is 4.35. The van der Waals surface area contributed by atoms with Crippen LogP contribution >= 0.6 is 0 Å². The van der Waals surface area contributed by atoms with E-state index in [0.29, 0.717) is 5.92 Å². The SMILES string of the molecule is CC1C=c2cc[nH]c2=NC1. The van der Waals surface area contributed by atoms with Crippen molar-refractivity contribution < 1.29 is 0 Å². The Kier molecular flexibility index (Phi) is 1.13. The van der Waals surface area contributed by atoms with E-state index >= 15 is 0 Å². The molecule has 2 rings (SSSR count). The zero-order valence-electron chi connectivity index (χ0n) is 5.96. The Balaban J connectivity index is 2.73. The highest BCUT2D eigenvalue weighted by Crippen LogP contribution is 1.97. The maximum atomic E-state index is 4.35. The Morgan fingerprint density at radius 1 is 1.70 bits per heavy atom. The standard InChI is InChI=1S/C8H10N2/c1-6-4-7-2-3-9-8(7)10-5-6/h2-4,6H,5H2,1H3,(H,9,10). The molecule has 1 N–H and O–H groups in total. The first-order chi connectivity index (χ1) is 4.86. The van der Waals surface area contributed by atoms with Crippen LogP contribution in [0.2, 0.25) is 0 Å². The van der Waals surface area contributed by atoms with E-state index in [1.165, 1.54) is 5.22 Å². The number of nitrogens with zero attached hydrogens (tertiary/aromatic N) is 1. The highest BCUT2D eigenvalue weighted by Gasteiger charge is 2.00. The second-order valence-corrected chi connectivity index (χ2v) is 2.77. The van der Waals surface area contributed by atoms with Gasteiger partial charge >= 0.3 is 0 Å². The first kappa shape index (κ1) is 5.71. The lowest BCUT2D eigenvalue weighted by atomic mass is 10.1. The topological polar surface area (TPSA) is 28.1 Å². The fraction of sp³-hybridized carbons (Fsp3) is 0.375. The van der Waals surface area contributed by atoms with Gasteiger partial charge in [0.25, 0.3) is 0 Å². The lowest BCUT2D eigenvalue weighted by Crippen LogP contribution is -2.28. The minimum Gasteiger partial charge on any atom is -0.346 e. The molecule has 52 valence electrons. The van der Waals surface area contributed by atoms with Crippen LogP contribution in [0, 0.1) is 5.92 Å². The van der Waals surface area contributed by atoms with E-state index in [9.17, 15) is 0 Å². The molecule has 2 heterocycles. The van der Waals surface area contributed by atoms with Gasteiger partial charge < -0.3 is 4.98 Å². The average Bonchev–Trinajstić information content (AvgIpc) is 2.33. The van der Waals surface area contributed by atoms with Crippen LogP contribution in [0.3, 0.4) is 0 Å². The van der Waals surface area contributed by atoms with Gasteiger partial charge in [-0.05, 0) is 12.0 Å². The van der Waals surface area contributed by atoms with E-state index in [1.807, 2.05) is 6.20 Å². The molecule has 0 aromatic carbocycles. The molecule has 0 saturated carbocycles. The summed E-state index contributed by atoms with van der Waals surface area (Å²) in [4.78, 5) is 7.43. The third kappa shape index (κ3) is 0.764. The Hall–Kier alpha value is -1.05. The van der Waals surface area contributed by atoms with Crippen molar-refractivity contribution in [2.24, 2.45) is 10.9 Å². The summed E-state index contributed by atoms with van der Waals surface area (Å²) in [6.07, 6.45) is 4.18. The van der Waals surface area contributed by atoms with Crippen molar-refractivity contribution >= 4 is 6.08 Å². The van der Waals surface area contributed by atoms with Crippen LogP contribution in [0.15, 0.2) is 17.3 Å². The number of aromatic amines is 1. The highest BCUT2D eigenvalue weighted by atomic mass is 14.8. The quantitative estimate of drug-likeness (QED) is 0.520. The summed E-state index contributed by atoms with van der Waals surface area (Å²) in [6.45, 7) is 3.10. The molecule has 1 unspecified atom stereocenters. The molecule has 1 aromatic rings. The van der Waals surface area contributed by atoms with Crippen molar-refractivity contribution in [2.45, 2.75) is 6.92 Å². The normalized spacial score (nSPS) is 22.7. The predicted molar refractivity (Wildman–Crippen MR) is 40.1 cm³/mol. The van der Waals surface area contributed by atoms with Gasteiger partial charge in [0.1, 0.15) is 5.49 Å². The second kappa shape index (κ2) is 1.97. The summed E-state index contributed by atoms with van der Waals surface area (Å²) >= 11 is 0. The largest absolute Gasteiger partial charge is 0.346 e. The summed E-state index contributed by atoms with van der Waals surface area (Å²) in [5, 5.41) is 1.25. The second-order valence-electron chi connectivity index (χ2n) is 2.77. The van der Waals surface area contributed by atoms with Crippen molar-refractivity contribution in [3.63, 3.8) is 0 Å². The molecule has 0 aliphatic carbocycles. The van der Waals surface area contributed by atoms with Crippen LogP contribution in [0.25, 0.3) is 6.08 Å². The number of rotatable bonds is 0. The number of hydrogen-bond donors (Lipinski definition) is 1. The predicted octanol–water partition coefficient (Wildman–Crippen LogP) is 0.0645. The molecule has 0 radical (unpaired) electrons. The first-order valence-electron chi connectivity index (χ1n) is 3.56. The van der Waals surface area contributed by atoms with Gasteiger partial charge in [0.05, 0.1) is 0 Å². The fourth-order valence-corrected chi connectivity index (χ4v) is 1.24. The minimum absolute atomic E-state index is 0.600. The molecule has 0 amide bonds. The number of nitrogens with one attached hydrogen (secondary N) is 1. The Morgan fingerprint density at radius 2 is 2.60 bits per heavy atom. The van der Waals surface area contributed by atoms with Gasteiger partial charge in [-0.1, -0.05) is 13.0 Å². The smallest absolute Gasteiger partial charge is 0.132 e. The monoisotopic (exact) mass is 134 g/mol. The zero-order valence-corrected chi connectivity index (χ0v) is 5.96. The van der Waals surface area contributed by atoms with Crippen LogP contribution in [0.1, 0.15) is 6.92 Å². The van der Waals surface area contributed by atoms with Crippen LogP contribution in [-0.4, -0.2) is 11.5 Å². The van der Waals surface area contributed by atoms with Gasteiger partial charge in [0.2, 0.25) is 0 Å². The van der Waals surface area contributed by atoms with Gasteiger partial charge in [-0.3, -0.25) is 4.99 Å². The average molecular weight is 134 g/mol.